The van der Waals surface area contributed by atoms with Crippen molar-refractivity contribution in [2.45, 2.75) is 12.6 Å². The lowest BCUT2D eigenvalue weighted by Gasteiger charge is -2.33. The van der Waals surface area contributed by atoms with E-state index in [-0.39, 0.29) is 12.1 Å². The van der Waals surface area contributed by atoms with Gasteiger partial charge in [0.05, 0.1) is 32.6 Å². The van der Waals surface area contributed by atoms with Crippen LogP contribution >= 0.6 is 0 Å². The van der Waals surface area contributed by atoms with Gasteiger partial charge in [0.2, 0.25) is 5.91 Å². The average Bonchev–Trinajstić information content (AvgIpc) is 3.29. The van der Waals surface area contributed by atoms with E-state index in [0.717, 1.165) is 4.90 Å². The molecule has 1 aliphatic heterocycles. The maximum Gasteiger partial charge on any atom is 0.299 e. The van der Waals surface area contributed by atoms with Gasteiger partial charge in [-0.1, -0.05) is 24.3 Å². The minimum atomic E-state index is -1.20. The first-order chi connectivity index (χ1) is 21.3. The molecule has 0 fully saturated rings. The van der Waals surface area contributed by atoms with Gasteiger partial charge in [-0.25, -0.2) is 0 Å². The number of hydrogen-bond acceptors (Lipinski definition) is 8. The van der Waals surface area contributed by atoms with Gasteiger partial charge in [-0.2, -0.15) is 0 Å². The number of benzene rings is 3. The van der Waals surface area contributed by atoms with Gasteiger partial charge in [0.25, 0.3) is 17.6 Å². The summed E-state index contributed by atoms with van der Waals surface area (Å²) in [5, 5.41) is 2.89. The number of nitrogens with zero attached hydrogens (tertiary/aromatic N) is 3. The van der Waals surface area contributed by atoms with Crippen LogP contribution in [0.3, 0.4) is 0 Å². The number of nitrogens with one attached hydrogen (secondary N) is 1. The molecule has 44 heavy (non-hydrogen) atoms. The Balaban J connectivity index is 1.58. The first-order valence-corrected chi connectivity index (χ1v) is 13.6. The summed E-state index contributed by atoms with van der Waals surface area (Å²) in [5.74, 6) is -1.20. The van der Waals surface area contributed by atoms with E-state index >= 15 is 0 Å². The Morgan fingerprint density at radius 3 is 2.32 bits per heavy atom. The van der Waals surface area contributed by atoms with Crippen LogP contribution in [0.2, 0.25) is 0 Å². The number of aromatic nitrogens is 1. The number of carbonyl (C=O) groups excluding carboxylic acids is 4. The number of anilines is 2. The second-order valence-corrected chi connectivity index (χ2v) is 9.86. The Kier molecular flexibility index (Phi) is 8.85. The molecule has 0 bridgehead atoms. The van der Waals surface area contributed by atoms with Crippen molar-refractivity contribution in [3.8, 4) is 17.2 Å². The van der Waals surface area contributed by atoms with Crippen LogP contribution in [-0.4, -0.2) is 61.3 Å². The van der Waals surface area contributed by atoms with Crippen LogP contribution in [0.4, 0.5) is 11.4 Å². The maximum atomic E-state index is 14.2. The fraction of sp³-hybridized carbons (Fsp3) is 0.182. The van der Waals surface area contributed by atoms with Crippen LogP contribution in [0.5, 0.6) is 17.2 Å². The molecule has 0 radical (unpaired) electrons. The number of pyridine rings is 1. The highest BCUT2D eigenvalue weighted by atomic mass is 16.5. The number of ether oxygens (including phenoxy) is 3. The number of methoxy groups -OCH3 is 3. The number of para-hydroxylation sites is 1. The zero-order valence-corrected chi connectivity index (χ0v) is 24.4. The molecule has 224 valence electrons. The zero-order chi connectivity index (χ0) is 31.2. The lowest BCUT2D eigenvalue weighted by Crippen LogP contribution is -2.46. The molecule has 0 saturated carbocycles. The quantitative estimate of drug-likeness (QED) is 0.258. The molecule has 11 heteroatoms. The van der Waals surface area contributed by atoms with Crippen molar-refractivity contribution in [1.82, 2.24) is 9.88 Å². The van der Waals surface area contributed by atoms with E-state index in [9.17, 15) is 19.2 Å². The molecule has 0 aliphatic carbocycles. The number of fused-ring (bicyclic) bond motifs is 1. The van der Waals surface area contributed by atoms with E-state index in [1.165, 1.54) is 19.1 Å². The van der Waals surface area contributed by atoms with E-state index in [1.807, 2.05) is 0 Å². The highest BCUT2D eigenvalue weighted by Crippen LogP contribution is 2.35. The first-order valence-electron chi connectivity index (χ1n) is 13.6. The molecule has 3 aromatic carbocycles. The van der Waals surface area contributed by atoms with Crippen LogP contribution in [0, 0.1) is 0 Å². The third kappa shape index (κ3) is 6.07. The monoisotopic (exact) mass is 594 g/mol. The summed E-state index contributed by atoms with van der Waals surface area (Å²) in [5.41, 5.74) is 2.10. The second-order valence-electron chi connectivity index (χ2n) is 9.86. The summed E-state index contributed by atoms with van der Waals surface area (Å²) >= 11 is 0. The van der Waals surface area contributed by atoms with Gasteiger partial charge < -0.3 is 24.4 Å². The van der Waals surface area contributed by atoms with Gasteiger partial charge in [-0.05, 0) is 65.7 Å². The van der Waals surface area contributed by atoms with Crippen molar-refractivity contribution in [1.29, 1.82) is 0 Å². The fourth-order valence-corrected chi connectivity index (χ4v) is 5.02. The largest absolute Gasteiger partial charge is 0.497 e. The van der Waals surface area contributed by atoms with Gasteiger partial charge in [-0.3, -0.25) is 29.1 Å². The minimum absolute atomic E-state index is 0.0284. The standard InChI is InChI=1S/C33H30N4O7/c1-42-24-13-11-23(12-14-24)35-32(40)30(22-10-15-27(43-2)28(17-22)44-3)37(19-21-7-6-16-34-18-21)29(38)20-36-26-9-5-4-8-25(26)31(39)33(36)41/h4-18,30H,19-20H2,1-3H3,(H,35,40)/t30-/m0/s1. The average molecular weight is 595 g/mol. The molecule has 1 N–H and O–H groups in total. The summed E-state index contributed by atoms with van der Waals surface area (Å²) in [6, 6.07) is 20.5. The van der Waals surface area contributed by atoms with Crippen LogP contribution in [0.1, 0.15) is 27.5 Å². The minimum Gasteiger partial charge on any atom is -0.497 e. The number of Topliss-reactive ketones (excluding diaryl/α,β-unsaturated/α-hetero) is 1. The van der Waals surface area contributed by atoms with Crippen molar-refractivity contribution in [2.24, 2.45) is 0 Å². The highest BCUT2D eigenvalue weighted by Gasteiger charge is 2.39. The molecular weight excluding hydrogens is 564 g/mol. The Morgan fingerprint density at radius 1 is 0.886 bits per heavy atom. The summed E-state index contributed by atoms with van der Waals surface area (Å²) in [7, 11) is 4.51. The molecule has 1 aliphatic rings. The van der Waals surface area contributed by atoms with Gasteiger partial charge >= 0.3 is 0 Å². The van der Waals surface area contributed by atoms with Crippen molar-refractivity contribution < 1.29 is 33.4 Å². The predicted molar refractivity (Wildman–Crippen MR) is 162 cm³/mol. The summed E-state index contributed by atoms with van der Waals surface area (Å²) < 4.78 is 16.1. The molecule has 0 unspecified atom stereocenters. The van der Waals surface area contributed by atoms with E-state index in [0.29, 0.717) is 39.8 Å². The smallest absolute Gasteiger partial charge is 0.299 e. The van der Waals surface area contributed by atoms with E-state index < -0.39 is 36.1 Å². The van der Waals surface area contributed by atoms with Gasteiger partial charge in [0.15, 0.2) is 11.5 Å². The molecule has 1 aromatic heterocycles. The second kappa shape index (κ2) is 13.1. The Hall–Kier alpha value is -5.71. The topological polar surface area (TPSA) is 127 Å². The van der Waals surface area contributed by atoms with Gasteiger partial charge in [0, 0.05) is 24.6 Å². The number of hydrogen-bond donors (Lipinski definition) is 1. The summed E-state index contributed by atoms with van der Waals surface area (Å²) in [6.45, 7) is -0.499. The summed E-state index contributed by atoms with van der Waals surface area (Å²) in [4.78, 5) is 60.7. The fourth-order valence-electron chi connectivity index (χ4n) is 5.02. The number of rotatable bonds is 11. The Bertz CT molecular complexity index is 1690. The highest BCUT2D eigenvalue weighted by molar-refractivity contribution is 6.52. The Labute approximate surface area is 254 Å². The molecule has 0 spiro atoms. The molecule has 5 rings (SSSR count). The third-order valence-corrected chi connectivity index (χ3v) is 7.21. The van der Waals surface area contributed by atoms with E-state index in [2.05, 4.69) is 10.3 Å². The predicted octanol–water partition coefficient (Wildman–Crippen LogP) is 4.05. The molecule has 4 aromatic rings. The summed E-state index contributed by atoms with van der Waals surface area (Å²) in [6.07, 6.45) is 3.19. The number of carbonyl (C=O) groups is 4. The van der Waals surface area contributed by atoms with Crippen molar-refractivity contribution in [3.63, 3.8) is 0 Å². The SMILES string of the molecule is COc1ccc(NC(=O)[C@H](c2ccc(OC)c(OC)c2)N(Cc2cccnc2)C(=O)CN2C(=O)C(=O)c3ccccc32)cc1. The number of amides is 3. The van der Waals surface area contributed by atoms with Gasteiger partial charge in [0.1, 0.15) is 18.3 Å². The lowest BCUT2D eigenvalue weighted by atomic mass is 10.0. The molecule has 2 heterocycles. The maximum absolute atomic E-state index is 14.2. The van der Waals surface area contributed by atoms with Crippen molar-refractivity contribution in [3.05, 3.63) is 108 Å². The first kappa shape index (κ1) is 29.8. The molecule has 0 saturated heterocycles. The third-order valence-electron chi connectivity index (χ3n) is 7.21. The molecule has 1 atom stereocenters. The molecular formula is C33H30N4O7. The van der Waals surface area contributed by atoms with Crippen LogP contribution in [0.25, 0.3) is 0 Å². The lowest BCUT2D eigenvalue weighted by molar-refractivity contribution is -0.139. The normalized spacial score (nSPS) is 12.8. The number of ketones is 1. The Morgan fingerprint density at radius 2 is 1.64 bits per heavy atom. The van der Waals surface area contributed by atoms with Gasteiger partial charge in [-0.15, -0.1) is 0 Å². The molecule has 3 amide bonds. The van der Waals surface area contributed by atoms with Crippen LogP contribution < -0.4 is 24.4 Å². The molecule has 11 nitrogen and oxygen atoms in total. The van der Waals surface area contributed by atoms with E-state index in [1.54, 1.807) is 98.4 Å². The zero-order valence-electron chi connectivity index (χ0n) is 24.4. The van der Waals surface area contributed by atoms with E-state index in [4.69, 9.17) is 14.2 Å². The van der Waals surface area contributed by atoms with Crippen LogP contribution in [0.15, 0.2) is 91.3 Å². The van der Waals surface area contributed by atoms with Crippen LogP contribution in [-0.2, 0) is 20.9 Å². The van der Waals surface area contributed by atoms with Crippen molar-refractivity contribution in [2.75, 3.05) is 38.1 Å². The van der Waals surface area contributed by atoms with Crippen molar-refractivity contribution >= 4 is 34.9 Å².